The third kappa shape index (κ3) is 2.76. The second kappa shape index (κ2) is 5.77. The summed E-state index contributed by atoms with van der Waals surface area (Å²) in [5, 5.41) is 15.8. The Balaban J connectivity index is 1.92. The molecule has 6 heteroatoms. The Morgan fingerprint density at radius 2 is 2.06 bits per heavy atom. The highest BCUT2D eigenvalue weighted by atomic mass is 15.3. The summed E-state index contributed by atoms with van der Waals surface area (Å²) in [5.41, 5.74) is 2.27. The van der Waals surface area contributed by atoms with Crippen LogP contribution in [-0.4, -0.2) is 24.5 Å². The van der Waals surface area contributed by atoms with Gasteiger partial charge in [0.1, 0.15) is 12.2 Å². The average Bonchev–Trinajstić information content (AvgIpc) is 2.95. The van der Waals surface area contributed by atoms with Gasteiger partial charge in [0.05, 0.1) is 17.9 Å². The molecular formula is C12H20N6. The van der Waals surface area contributed by atoms with E-state index in [-0.39, 0.29) is 0 Å². The molecule has 0 amide bonds. The third-order valence-corrected chi connectivity index (χ3v) is 2.91. The van der Waals surface area contributed by atoms with Crippen molar-refractivity contribution in [1.82, 2.24) is 29.9 Å². The van der Waals surface area contributed by atoms with Crippen molar-refractivity contribution in [1.29, 1.82) is 0 Å². The Bertz CT molecular complexity index is 498. The van der Waals surface area contributed by atoms with Gasteiger partial charge in [0, 0.05) is 19.6 Å². The molecule has 0 saturated heterocycles. The molecular weight excluding hydrogens is 228 g/mol. The molecule has 0 aliphatic heterocycles. The maximum Gasteiger partial charge on any atom is 0.146 e. The molecule has 0 spiro atoms. The van der Waals surface area contributed by atoms with Crippen LogP contribution in [0.5, 0.6) is 0 Å². The van der Waals surface area contributed by atoms with Crippen LogP contribution in [0.4, 0.5) is 0 Å². The number of aromatic nitrogens is 5. The minimum absolute atomic E-state index is 0.724. The highest BCUT2D eigenvalue weighted by Crippen LogP contribution is 2.04. The van der Waals surface area contributed by atoms with Crippen LogP contribution in [-0.2, 0) is 26.2 Å². The molecule has 98 valence electrons. The summed E-state index contributed by atoms with van der Waals surface area (Å²) in [6, 6.07) is 2.11. The Morgan fingerprint density at radius 3 is 2.78 bits per heavy atom. The van der Waals surface area contributed by atoms with Gasteiger partial charge in [0.25, 0.3) is 0 Å². The molecule has 0 unspecified atom stereocenters. The van der Waals surface area contributed by atoms with E-state index in [1.165, 1.54) is 5.69 Å². The van der Waals surface area contributed by atoms with Gasteiger partial charge in [-0.05, 0) is 26.8 Å². The first kappa shape index (κ1) is 12.8. The largest absolute Gasteiger partial charge is 0.317 e. The van der Waals surface area contributed by atoms with Crippen molar-refractivity contribution < 1.29 is 0 Å². The van der Waals surface area contributed by atoms with Crippen LogP contribution in [0.1, 0.15) is 31.1 Å². The van der Waals surface area contributed by atoms with Crippen molar-refractivity contribution >= 4 is 0 Å². The Hall–Kier alpha value is -1.69. The summed E-state index contributed by atoms with van der Waals surface area (Å²) in [7, 11) is 0. The molecule has 0 radical (unpaired) electrons. The predicted octanol–water partition coefficient (Wildman–Crippen LogP) is 1.11. The Morgan fingerprint density at radius 1 is 1.22 bits per heavy atom. The topological polar surface area (TPSA) is 60.6 Å². The van der Waals surface area contributed by atoms with Gasteiger partial charge < -0.3 is 9.88 Å². The van der Waals surface area contributed by atoms with E-state index in [0.29, 0.717) is 0 Å². The lowest BCUT2D eigenvalue weighted by Crippen LogP contribution is -2.18. The standard InChI is InChI=1S/C12H20N6/c1-4-17-9-14-15-12(17)8-13-7-11-6-10(3)16-18(11)5-2/h6,9,13H,4-5,7-8H2,1-3H3. The second-order valence-corrected chi connectivity index (χ2v) is 4.23. The quantitative estimate of drug-likeness (QED) is 0.832. The van der Waals surface area contributed by atoms with Gasteiger partial charge in [-0.25, -0.2) is 0 Å². The summed E-state index contributed by atoms with van der Waals surface area (Å²) < 4.78 is 4.06. The van der Waals surface area contributed by atoms with Crippen molar-refractivity contribution in [3.8, 4) is 0 Å². The maximum atomic E-state index is 4.42. The van der Waals surface area contributed by atoms with E-state index in [1.807, 2.05) is 16.2 Å². The number of hydrogen-bond acceptors (Lipinski definition) is 4. The van der Waals surface area contributed by atoms with E-state index in [0.717, 1.165) is 37.7 Å². The molecule has 18 heavy (non-hydrogen) atoms. The first-order valence-electron chi connectivity index (χ1n) is 6.35. The summed E-state index contributed by atoms with van der Waals surface area (Å²) in [5.74, 6) is 0.969. The van der Waals surface area contributed by atoms with Crippen LogP contribution in [0.15, 0.2) is 12.4 Å². The number of nitrogens with one attached hydrogen (secondary N) is 1. The van der Waals surface area contributed by atoms with Crippen LogP contribution in [0.3, 0.4) is 0 Å². The highest BCUT2D eigenvalue weighted by molar-refractivity contribution is 5.08. The van der Waals surface area contributed by atoms with Crippen molar-refractivity contribution in [2.75, 3.05) is 0 Å². The van der Waals surface area contributed by atoms with Gasteiger partial charge in [-0.1, -0.05) is 0 Å². The normalized spacial score (nSPS) is 11.1. The SMILES string of the molecule is CCn1cnnc1CNCc1cc(C)nn1CC. The lowest BCUT2D eigenvalue weighted by molar-refractivity contribution is 0.560. The fraction of sp³-hybridized carbons (Fsp3) is 0.583. The number of aryl methyl sites for hydroxylation is 3. The van der Waals surface area contributed by atoms with Crippen molar-refractivity contribution in [2.24, 2.45) is 0 Å². The van der Waals surface area contributed by atoms with Gasteiger partial charge in [0.15, 0.2) is 0 Å². The van der Waals surface area contributed by atoms with E-state index >= 15 is 0 Å². The minimum Gasteiger partial charge on any atom is -0.317 e. The first-order valence-corrected chi connectivity index (χ1v) is 6.35. The molecule has 0 aliphatic carbocycles. The second-order valence-electron chi connectivity index (χ2n) is 4.23. The van der Waals surface area contributed by atoms with Crippen LogP contribution in [0.2, 0.25) is 0 Å². The highest BCUT2D eigenvalue weighted by Gasteiger charge is 2.05. The molecule has 1 N–H and O–H groups in total. The van der Waals surface area contributed by atoms with Gasteiger partial charge >= 0.3 is 0 Å². The summed E-state index contributed by atoms with van der Waals surface area (Å²) in [4.78, 5) is 0. The molecule has 0 atom stereocenters. The number of rotatable bonds is 6. The fourth-order valence-corrected chi connectivity index (χ4v) is 2.00. The zero-order chi connectivity index (χ0) is 13.0. The molecule has 0 aliphatic rings. The molecule has 2 aromatic heterocycles. The summed E-state index contributed by atoms with van der Waals surface area (Å²) in [6.07, 6.45) is 1.76. The first-order chi connectivity index (χ1) is 8.74. The van der Waals surface area contributed by atoms with Gasteiger partial charge in [-0.3, -0.25) is 4.68 Å². The van der Waals surface area contributed by atoms with Crippen LogP contribution in [0, 0.1) is 6.92 Å². The van der Waals surface area contributed by atoms with E-state index in [2.05, 4.69) is 40.5 Å². The van der Waals surface area contributed by atoms with Crippen LogP contribution in [0.25, 0.3) is 0 Å². The van der Waals surface area contributed by atoms with Crippen molar-refractivity contribution in [3.63, 3.8) is 0 Å². The third-order valence-electron chi connectivity index (χ3n) is 2.91. The zero-order valence-electron chi connectivity index (χ0n) is 11.2. The lowest BCUT2D eigenvalue weighted by Gasteiger charge is -2.07. The zero-order valence-corrected chi connectivity index (χ0v) is 11.2. The number of nitrogens with zero attached hydrogens (tertiary/aromatic N) is 5. The fourth-order valence-electron chi connectivity index (χ4n) is 2.00. The minimum atomic E-state index is 0.724. The van der Waals surface area contributed by atoms with Gasteiger partial charge in [-0.15, -0.1) is 10.2 Å². The predicted molar refractivity (Wildman–Crippen MR) is 68.9 cm³/mol. The molecule has 0 saturated carbocycles. The van der Waals surface area contributed by atoms with Gasteiger partial charge in [-0.2, -0.15) is 5.10 Å². The maximum absolute atomic E-state index is 4.42. The molecule has 0 fully saturated rings. The van der Waals surface area contributed by atoms with E-state index in [9.17, 15) is 0 Å². The number of hydrogen-bond donors (Lipinski definition) is 1. The van der Waals surface area contributed by atoms with E-state index in [1.54, 1.807) is 6.33 Å². The Kier molecular flexibility index (Phi) is 4.09. The molecule has 0 bridgehead atoms. The van der Waals surface area contributed by atoms with Crippen LogP contribution >= 0.6 is 0 Å². The molecule has 2 rings (SSSR count). The molecule has 6 nitrogen and oxygen atoms in total. The Labute approximate surface area is 107 Å². The molecule has 2 aromatic rings. The summed E-state index contributed by atoms with van der Waals surface area (Å²) in [6.45, 7) is 9.52. The lowest BCUT2D eigenvalue weighted by atomic mass is 10.3. The van der Waals surface area contributed by atoms with Crippen molar-refractivity contribution in [2.45, 2.75) is 47.0 Å². The smallest absolute Gasteiger partial charge is 0.146 e. The van der Waals surface area contributed by atoms with E-state index < -0.39 is 0 Å². The van der Waals surface area contributed by atoms with E-state index in [4.69, 9.17) is 0 Å². The van der Waals surface area contributed by atoms with Gasteiger partial charge in [0.2, 0.25) is 0 Å². The molecule has 0 aromatic carbocycles. The summed E-state index contributed by atoms with van der Waals surface area (Å²) >= 11 is 0. The monoisotopic (exact) mass is 248 g/mol. The molecule has 2 heterocycles. The van der Waals surface area contributed by atoms with Crippen molar-refractivity contribution in [3.05, 3.63) is 29.6 Å². The average molecular weight is 248 g/mol. The van der Waals surface area contributed by atoms with Crippen LogP contribution < -0.4 is 5.32 Å².